The number of carbonyl (C=O) groups excluding carboxylic acids is 3. The van der Waals surface area contributed by atoms with Crippen molar-refractivity contribution in [2.24, 2.45) is 0 Å². The standard InChI is InChI=1S/C24H21N3O4/c28-21(25-13-11-16-6-5-15-31-16)12-14-26-22-17-7-1-2-8-18(17)24(30)27(22)20-10-4-3-9-19(20)23(26)29/h1-10,15,22H,11-14H2,(H,25,28)/t22-/m1/s1. The predicted octanol–water partition coefficient (Wildman–Crippen LogP) is 3.14. The van der Waals surface area contributed by atoms with Crippen molar-refractivity contribution in [1.29, 1.82) is 0 Å². The number of amides is 3. The molecule has 0 radical (unpaired) electrons. The first kappa shape index (κ1) is 19.1. The lowest BCUT2D eigenvalue weighted by Crippen LogP contribution is -2.49. The molecule has 7 heteroatoms. The van der Waals surface area contributed by atoms with Crippen LogP contribution in [0.2, 0.25) is 0 Å². The van der Waals surface area contributed by atoms with Gasteiger partial charge in [-0.15, -0.1) is 0 Å². The van der Waals surface area contributed by atoms with Crippen molar-refractivity contribution < 1.29 is 18.8 Å². The van der Waals surface area contributed by atoms with Crippen LogP contribution in [0.1, 0.15) is 44.6 Å². The Bertz CT molecular complexity index is 1160. The Morgan fingerprint density at radius 1 is 0.935 bits per heavy atom. The number of nitrogens with one attached hydrogen (secondary N) is 1. The van der Waals surface area contributed by atoms with Gasteiger partial charge in [0.05, 0.1) is 17.5 Å². The summed E-state index contributed by atoms with van der Waals surface area (Å²) in [5, 5.41) is 2.86. The highest BCUT2D eigenvalue weighted by Gasteiger charge is 2.47. The molecule has 0 saturated carbocycles. The number of hydrogen-bond acceptors (Lipinski definition) is 4. The maximum Gasteiger partial charge on any atom is 0.260 e. The number of fused-ring (bicyclic) bond motifs is 5. The van der Waals surface area contributed by atoms with E-state index >= 15 is 0 Å². The van der Waals surface area contributed by atoms with Crippen molar-refractivity contribution >= 4 is 23.4 Å². The van der Waals surface area contributed by atoms with Gasteiger partial charge < -0.3 is 14.6 Å². The molecular weight excluding hydrogens is 394 g/mol. The SMILES string of the molecule is O=C(CCN1C(=O)c2ccccc2N2C(=O)c3ccccc3[C@H]12)NCCc1ccco1. The Morgan fingerprint density at radius 3 is 2.52 bits per heavy atom. The minimum atomic E-state index is -0.540. The fourth-order valence-electron chi connectivity index (χ4n) is 4.29. The molecule has 156 valence electrons. The first-order valence-electron chi connectivity index (χ1n) is 10.3. The van der Waals surface area contributed by atoms with Crippen LogP contribution in [0.25, 0.3) is 0 Å². The van der Waals surface area contributed by atoms with Crippen LogP contribution in [-0.4, -0.2) is 35.7 Å². The fourth-order valence-corrected chi connectivity index (χ4v) is 4.29. The van der Waals surface area contributed by atoms with Crippen LogP contribution < -0.4 is 10.2 Å². The first-order chi connectivity index (χ1) is 15.1. The molecule has 1 N–H and O–H groups in total. The molecule has 2 aromatic carbocycles. The average Bonchev–Trinajstić information content (AvgIpc) is 3.41. The Balaban J connectivity index is 1.36. The zero-order valence-corrected chi connectivity index (χ0v) is 16.8. The second-order valence-electron chi connectivity index (χ2n) is 7.58. The lowest BCUT2D eigenvalue weighted by molar-refractivity contribution is -0.121. The number of furan rings is 1. The molecule has 1 atom stereocenters. The smallest absolute Gasteiger partial charge is 0.260 e. The van der Waals surface area contributed by atoms with E-state index in [4.69, 9.17) is 4.42 Å². The lowest BCUT2D eigenvalue weighted by Gasteiger charge is -2.40. The van der Waals surface area contributed by atoms with Gasteiger partial charge in [0.25, 0.3) is 11.8 Å². The van der Waals surface area contributed by atoms with Crippen LogP contribution in [-0.2, 0) is 11.2 Å². The van der Waals surface area contributed by atoms with E-state index in [-0.39, 0.29) is 30.7 Å². The van der Waals surface area contributed by atoms with Gasteiger partial charge in [-0.3, -0.25) is 19.3 Å². The van der Waals surface area contributed by atoms with Crippen molar-refractivity contribution in [1.82, 2.24) is 10.2 Å². The molecule has 1 aromatic heterocycles. The van der Waals surface area contributed by atoms with Gasteiger partial charge in [-0.2, -0.15) is 0 Å². The van der Waals surface area contributed by atoms with Crippen LogP contribution in [0, 0.1) is 0 Å². The first-order valence-corrected chi connectivity index (χ1v) is 10.3. The molecule has 0 spiro atoms. The predicted molar refractivity (Wildman–Crippen MR) is 114 cm³/mol. The van der Waals surface area contributed by atoms with Crippen LogP contribution >= 0.6 is 0 Å². The van der Waals surface area contributed by atoms with E-state index < -0.39 is 6.17 Å². The van der Waals surface area contributed by atoms with Crippen molar-refractivity contribution in [2.75, 3.05) is 18.0 Å². The maximum atomic E-state index is 13.3. The molecule has 2 aliphatic heterocycles. The Hall–Kier alpha value is -3.87. The molecule has 3 heterocycles. The molecule has 5 rings (SSSR count). The highest BCUT2D eigenvalue weighted by Crippen LogP contribution is 2.45. The zero-order valence-electron chi connectivity index (χ0n) is 16.8. The van der Waals surface area contributed by atoms with Crippen LogP contribution in [0.4, 0.5) is 5.69 Å². The van der Waals surface area contributed by atoms with Gasteiger partial charge in [0.2, 0.25) is 5.91 Å². The zero-order chi connectivity index (χ0) is 21.4. The van der Waals surface area contributed by atoms with Crippen LogP contribution in [0.15, 0.2) is 71.3 Å². The fraction of sp³-hybridized carbons (Fsp3) is 0.208. The van der Waals surface area contributed by atoms with Gasteiger partial charge in [-0.1, -0.05) is 30.3 Å². The second-order valence-corrected chi connectivity index (χ2v) is 7.58. The molecule has 0 fully saturated rings. The number of hydrogen-bond donors (Lipinski definition) is 1. The molecule has 0 bridgehead atoms. The summed E-state index contributed by atoms with van der Waals surface area (Å²) in [6.07, 6.45) is 1.81. The Labute approximate surface area is 179 Å². The molecular formula is C24H21N3O4. The monoisotopic (exact) mass is 415 g/mol. The summed E-state index contributed by atoms with van der Waals surface area (Å²) in [6, 6.07) is 18.1. The van der Waals surface area contributed by atoms with E-state index in [9.17, 15) is 14.4 Å². The summed E-state index contributed by atoms with van der Waals surface area (Å²) < 4.78 is 5.27. The number of carbonyl (C=O) groups is 3. The lowest BCUT2D eigenvalue weighted by atomic mass is 10.0. The number of nitrogens with zero attached hydrogens (tertiary/aromatic N) is 2. The highest BCUT2D eigenvalue weighted by molar-refractivity contribution is 6.16. The van der Waals surface area contributed by atoms with Crippen molar-refractivity contribution in [3.8, 4) is 0 Å². The van der Waals surface area contributed by atoms with Gasteiger partial charge in [-0.25, -0.2) is 0 Å². The van der Waals surface area contributed by atoms with E-state index in [0.29, 0.717) is 29.8 Å². The molecule has 0 saturated heterocycles. The van der Waals surface area contributed by atoms with Gasteiger partial charge in [0, 0.05) is 37.1 Å². The minimum absolute atomic E-state index is 0.131. The number of benzene rings is 2. The quantitative estimate of drug-likeness (QED) is 0.671. The van der Waals surface area contributed by atoms with Gasteiger partial charge in [0.15, 0.2) is 0 Å². The molecule has 2 aliphatic rings. The summed E-state index contributed by atoms with van der Waals surface area (Å²) in [4.78, 5) is 42.1. The largest absolute Gasteiger partial charge is 0.469 e. The molecule has 0 aliphatic carbocycles. The Morgan fingerprint density at radius 2 is 1.71 bits per heavy atom. The normalized spacial score (nSPS) is 16.7. The summed E-state index contributed by atoms with van der Waals surface area (Å²) >= 11 is 0. The molecule has 31 heavy (non-hydrogen) atoms. The average molecular weight is 415 g/mol. The van der Waals surface area contributed by atoms with Crippen molar-refractivity contribution in [3.05, 3.63) is 89.4 Å². The maximum absolute atomic E-state index is 13.3. The third-order valence-electron chi connectivity index (χ3n) is 5.74. The molecule has 0 unspecified atom stereocenters. The third-order valence-corrected chi connectivity index (χ3v) is 5.74. The number of anilines is 1. The van der Waals surface area contributed by atoms with E-state index in [0.717, 1.165) is 11.3 Å². The van der Waals surface area contributed by atoms with Crippen molar-refractivity contribution in [3.63, 3.8) is 0 Å². The third kappa shape index (κ3) is 3.28. The van der Waals surface area contributed by atoms with E-state index in [1.165, 1.54) is 0 Å². The summed E-state index contributed by atoms with van der Waals surface area (Å²) in [5.74, 6) is 0.348. The van der Waals surface area contributed by atoms with E-state index in [1.54, 1.807) is 40.3 Å². The van der Waals surface area contributed by atoms with E-state index in [2.05, 4.69) is 5.32 Å². The van der Waals surface area contributed by atoms with Crippen molar-refractivity contribution in [2.45, 2.75) is 19.0 Å². The summed E-state index contributed by atoms with van der Waals surface area (Å²) in [5.41, 5.74) is 2.45. The van der Waals surface area contributed by atoms with Gasteiger partial charge in [-0.05, 0) is 30.3 Å². The van der Waals surface area contributed by atoms with E-state index in [1.807, 2.05) is 36.4 Å². The molecule has 7 nitrogen and oxygen atoms in total. The summed E-state index contributed by atoms with van der Waals surface area (Å²) in [6.45, 7) is 0.669. The molecule has 3 amide bonds. The molecule has 3 aromatic rings. The topological polar surface area (TPSA) is 82.9 Å². The van der Waals surface area contributed by atoms with Crippen LogP contribution in [0.5, 0.6) is 0 Å². The van der Waals surface area contributed by atoms with Crippen LogP contribution in [0.3, 0.4) is 0 Å². The second kappa shape index (κ2) is 7.75. The Kier molecular flexibility index (Phi) is 4.78. The van der Waals surface area contributed by atoms with Gasteiger partial charge in [0.1, 0.15) is 11.9 Å². The number of para-hydroxylation sites is 1. The van der Waals surface area contributed by atoms with Gasteiger partial charge >= 0.3 is 0 Å². The highest BCUT2D eigenvalue weighted by atomic mass is 16.3. The minimum Gasteiger partial charge on any atom is -0.469 e. The summed E-state index contributed by atoms with van der Waals surface area (Å²) in [7, 11) is 0. The number of rotatable bonds is 6.